The first kappa shape index (κ1) is 24.3. The number of hydrogen-bond acceptors (Lipinski definition) is 3. The first-order valence-electron chi connectivity index (χ1n) is 12.1. The van der Waals surface area contributed by atoms with E-state index in [0.717, 1.165) is 27.8 Å². The van der Waals surface area contributed by atoms with Gasteiger partial charge in [0.25, 0.3) is 5.91 Å². The fourth-order valence-corrected chi connectivity index (χ4v) is 4.77. The second-order valence-electron chi connectivity index (χ2n) is 9.16. The quantitative estimate of drug-likeness (QED) is 0.373. The third kappa shape index (κ3) is 4.96. The van der Waals surface area contributed by atoms with E-state index in [2.05, 4.69) is 5.32 Å². The fraction of sp³-hybridized carbons (Fsp3) is 0.161. The van der Waals surface area contributed by atoms with Gasteiger partial charge in [-0.1, -0.05) is 60.7 Å². The Labute approximate surface area is 215 Å². The van der Waals surface area contributed by atoms with Gasteiger partial charge < -0.3 is 15.0 Å². The van der Waals surface area contributed by atoms with Gasteiger partial charge in [-0.2, -0.15) is 0 Å². The summed E-state index contributed by atoms with van der Waals surface area (Å²) in [4.78, 5) is 27.8. The van der Waals surface area contributed by atoms with Crippen LogP contribution in [0.15, 0.2) is 97.1 Å². The first-order chi connectivity index (χ1) is 17.9. The molecule has 2 amide bonds. The molecular weight excluding hydrogens is 467 g/mol. The van der Waals surface area contributed by atoms with Gasteiger partial charge in [0.05, 0.1) is 0 Å². The number of nitrogens with one attached hydrogen (secondary N) is 1. The summed E-state index contributed by atoms with van der Waals surface area (Å²) < 4.78 is 19.7. The van der Waals surface area contributed by atoms with E-state index in [1.54, 1.807) is 31.1 Å². The average molecular weight is 495 g/mol. The lowest BCUT2D eigenvalue weighted by molar-refractivity contribution is -0.123. The Hall–Kier alpha value is -4.45. The first-order valence-corrected chi connectivity index (χ1v) is 12.1. The van der Waals surface area contributed by atoms with Gasteiger partial charge in [0.2, 0.25) is 5.91 Å². The molecule has 4 aromatic rings. The minimum Gasteiger partial charge on any atom is -0.484 e. The van der Waals surface area contributed by atoms with E-state index in [0.29, 0.717) is 17.9 Å². The Bertz CT molecular complexity index is 1440. The van der Waals surface area contributed by atoms with Gasteiger partial charge in [-0.05, 0) is 58.7 Å². The van der Waals surface area contributed by atoms with Crippen molar-refractivity contribution in [3.8, 4) is 16.9 Å². The normalized spacial score (nSPS) is 16.0. The highest BCUT2D eigenvalue weighted by molar-refractivity contribution is 5.95. The number of ether oxygens (including phenoxy) is 1. The van der Waals surface area contributed by atoms with Gasteiger partial charge in [-0.15, -0.1) is 0 Å². The molecule has 0 bridgehead atoms. The predicted molar refractivity (Wildman–Crippen MR) is 141 cm³/mol. The molecule has 0 aromatic heterocycles. The number of halogens is 1. The topological polar surface area (TPSA) is 58.6 Å². The molecule has 0 aliphatic carbocycles. The SMILES string of the molecule is CNC(=O)C1c2cc(-c3cccc(C(=O)N(C)Cc4ccccc4)c3)ccc2OC1c1ccc(F)cc1. The minimum atomic E-state index is -0.591. The Balaban J connectivity index is 1.44. The monoisotopic (exact) mass is 494 g/mol. The van der Waals surface area contributed by atoms with Crippen LogP contribution >= 0.6 is 0 Å². The van der Waals surface area contributed by atoms with E-state index in [4.69, 9.17) is 4.74 Å². The number of carbonyl (C=O) groups excluding carboxylic acids is 2. The average Bonchev–Trinajstić information content (AvgIpc) is 3.32. The van der Waals surface area contributed by atoms with Crippen LogP contribution in [0.4, 0.5) is 4.39 Å². The number of benzene rings is 4. The fourth-order valence-electron chi connectivity index (χ4n) is 4.77. The van der Waals surface area contributed by atoms with Gasteiger partial charge >= 0.3 is 0 Å². The molecule has 1 heterocycles. The molecule has 2 atom stereocenters. The minimum absolute atomic E-state index is 0.0743. The number of carbonyl (C=O) groups is 2. The molecule has 37 heavy (non-hydrogen) atoms. The van der Waals surface area contributed by atoms with Crippen molar-refractivity contribution in [2.75, 3.05) is 14.1 Å². The van der Waals surface area contributed by atoms with Crippen LogP contribution in [0.5, 0.6) is 5.75 Å². The molecule has 5 rings (SSSR count). The van der Waals surface area contributed by atoms with Gasteiger partial charge in [-0.25, -0.2) is 4.39 Å². The largest absolute Gasteiger partial charge is 0.484 e. The maximum atomic E-state index is 13.5. The highest BCUT2D eigenvalue weighted by Gasteiger charge is 2.40. The van der Waals surface area contributed by atoms with E-state index in [1.807, 2.05) is 72.8 Å². The Morgan fingerprint density at radius 2 is 1.62 bits per heavy atom. The molecule has 4 aromatic carbocycles. The molecule has 0 saturated heterocycles. The molecule has 1 aliphatic rings. The van der Waals surface area contributed by atoms with E-state index >= 15 is 0 Å². The second-order valence-corrected chi connectivity index (χ2v) is 9.16. The van der Waals surface area contributed by atoms with Gasteiger partial charge in [0.1, 0.15) is 23.6 Å². The summed E-state index contributed by atoms with van der Waals surface area (Å²) in [6, 6.07) is 29.1. The summed E-state index contributed by atoms with van der Waals surface area (Å²) in [6.45, 7) is 0.513. The van der Waals surface area contributed by atoms with Crippen molar-refractivity contribution < 1.29 is 18.7 Å². The van der Waals surface area contributed by atoms with Gasteiger partial charge in [0, 0.05) is 31.8 Å². The zero-order chi connectivity index (χ0) is 25.9. The van der Waals surface area contributed by atoms with Gasteiger partial charge in [0.15, 0.2) is 0 Å². The summed E-state index contributed by atoms with van der Waals surface area (Å²) >= 11 is 0. The summed E-state index contributed by atoms with van der Waals surface area (Å²) in [5.41, 5.74) is 4.86. The van der Waals surface area contributed by atoms with Crippen molar-refractivity contribution in [1.82, 2.24) is 10.2 Å². The molecule has 1 N–H and O–H groups in total. The van der Waals surface area contributed by atoms with Crippen molar-refractivity contribution in [3.05, 3.63) is 125 Å². The lowest BCUT2D eigenvalue weighted by Crippen LogP contribution is -2.28. The van der Waals surface area contributed by atoms with Gasteiger partial charge in [-0.3, -0.25) is 9.59 Å². The van der Waals surface area contributed by atoms with Crippen molar-refractivity contribution >= 4 is 11.8 Å². The Kier molecular flexibility index (Phi) is 6.73. The summed E-state index contributed by atoms with van der Waals surface area (Å²) in [6.07, 6.45) is -0.564. The molecular formula is C31H27FN2O3. The lowest BCUT2D eigenvalue weighted by atomic mass is 9.88. The molecule has 0 spiro atoms. The summed E-state index contributed by atoms with van der Waals surface area (Å²) in [5.74, 6) is -0.581. The number of likely N-dealkylation sites (N-methyl/N-ethyl adjacent to an activating group) is 1. The van der Waals surface area contributed by atoms with E-state index in [-0.39, 0.29) is 17.6 Å². The highest BCUT2D eigenvalue weighted by atomic mass is 19.1. The number of nitrogens with zero attached hydrogens (tertiary/aromatic N) is 1. The number of hydrogen-bond donors (Lipinski definition) is 1. The van der Waals surface area contributed by atoms with Crippen LogP contribution in [0.2, 0.25) is 0 Å². The predicted octanol–water partition coefficient (Wildman–Crippen LogP) is 5.73. The summed E-state index contributed by atoms with van der Waals surface area (Å²) in [5, 5.41) is 2.73. The van der Waals surface area contributed by atoms with E-state index < -0.39 is 12.0 Å². The summed E-state index contributed by atoms with van der Waals surface area (Å²) in [7, 11) is 3.38. The van der Waals surface area contributed by atoms with Crippen molar-refractivity contribution in [2.45, 2.75) is 18.6 Å². The maximum Gasteiger partial charge on any atom is 0.253 e. The molecule has 0 radical (unpaired) electrons. The molecule has 0 fully saturated rings. The maximum absolute atomic E-state index is 13.5. The van der Waals surface area contributed by atoms with Crippen molar-refractivity contribution in [3.63, 3.8) is 0 Å². The highest BCUT2D eigenvalue weighted by Crippen LogP contribution is 2.47. The molecule has 6 heteroatoms. The Morgan fingerprint density at radius 1 is 0.892 bits per heavy atom. The number of fused-ring (bicyclic) bond motifs is 1. The zero-order valence-electron chi connectivity index (χ0n) is 20.6. The van der Waals surface area contributed by atoms with Crippen LogP contribution in [-0.4, -0.2) is 30.8 Å². The van der Waals surface area contributed by atoms with E-state index in [1.165, 1.54) is 12.1 Å². The van der Waals surface area contributed by atoms with Crippen molar-refractivity contribution in [2.24, 2.45) is 0 Å². The Morgan fingerprint density at radius 3 is 2.35 bits per heavy atom. The van der Waals surface area contributed by atoms with Crippen LogP contribution in [0.1, 0.15) is 39.1 Å². The second kappa shape index (κ2) is 10.3. The molecule has 1 aliphatic heterocycles. The lowest BCUT2D eigenvalue weighted by Gasteiger charge is -2.18. The van der Waals surface area contributed by atoms with Crippen molar-refractivity contribution in [1.29, 1.82) is 0 Å². The standard InChI is InChI=1S/C31H27FN2O3/c1-33-30(35)28-26-18-23(13-16-27(26)37-29(28)21-11-14-25(32)15-12-21)22-9-6-10-24(17-22)31(36)34(2)19-20-7-4-3-5-8-20/h3-18,28-29H,19H2,1-2H3,(H,33,35). The third-order valence-electron chi connectivity index (χ3n) is 6.68. The molecule has 186 valence electrons. The van der Waals surface area contributed by atoms with E-state index in [9.17, 15) is 14.0 Å². The third-order valence-corrected chi connectivity index (χ3v) is 6.68. The molecule has 5 nitrogen and oxygen atoms in total. The van der Waals surface area contributed by atoms with Crippen LogP contribution in [0, 0.1) is 5.82 Å². The molecule has 0 saturated carbocycles. The number of rotatable bonds is 6. The smallest absolute Gasteiger partial charge is 0.253 e. The van der Waals surface area contributed by atoms with Crippen LogP contribution in [-0.2, 0) is 11.3 Å². The number of amides is 2. The molecule has 2 unspecified atom stereocenters. The van der Waals surface area contributed by atoms with Crippen LogP contribution in [0.3, 0.4) is 0 Å². The van der Waals surface area contributed by atoms with Crippen LogP contribution < -0.4 is 10.1 Å². The zero-order valence-corrected chi connectivity index (χ0v) is 20.6. The van der Waals surface area contributed by atoms with Crippen LogP contribution in [0.25, 0.3) is 11.1 Å².